The lowest BCUT2D eigenvalue weighted by Crippen LogP contribution is -2.40. The van der Waals surface area contributed by atoms with Crippen LogP contribution in [0.15, 0.2) is 48.7 Å². The number of aromatic nitrogens is 2. The van der Waals surface area contributed by atoms with Gasteiger partial charge in [0.1, 0.15) is 11.6 Å². The molecule has 8 heteroatoms. The smallest absolute Gasteiger partial charge is 0.255 e. The maximum atomic E-state index is 12.5. The van der Waals surface area contributed by atoms with Crippen molar-refractivity contribution < 1.29 is 9.53 Å². The molecule has 29 heavy (non-hydrogen) atoms. The number of halogens is 1. The highest BCUT2D eigenvalue weighted by atomic mass is 35.5. The first kappa shape index (κ1) is 19.4. The molecule has 1 amide bonds. The minimum Gasteiger partial charge on any atom is -0.378 e. The summed E-state index contributed by atoms with van der Waals surface area (Å²) in [6.45, 7) is 3.56. The lowest BCUT2D eigenvalue weighted by atomic mass is 10.2. The molecule has 3 heterocycles. The summed E-state index contributed by atoms with van der Waals surface area (Å²) in [5.41, 5.74) is 1.44. The normalized spacial score (nSPS) is 14.0. The number of rotatable bonds is 6. The maximum absolute atomic E-state index is 12.5. The molecule has 0 spiro atoms. The Kier molecular flexibility index (Phi) is 6.07. The predicted molar refractivity (Wildman–Crippen MR) is 115 cm³/mol. The molecule has 1 aliphatic heterocycles. The van der Waals surface area contributed by atoms with Gasteiger partial charge in [-0.05, 0) is 24.3 Å². The summed E-state index contributed by atoms with van der Waals surface area (Å²) >= 11 is 6.32. The molecule has 2 aromatic heterocycles. The van der Waals surface area contributed by atoms with Gasteiger partial charge in [-0.25, -0.2) is 9.97 Å². The molecule has 7 nitrogen and oxygen atoms in total. The van der Waals surface area contributed by atoms with Crippen LogP contribution in [0.2, 0.25) is 5.02 Å². The first-order valence-corrected chi connectivity index (χ1v) is 9.94. The Morgan fingerprint density at radius 3 is 2.72 bits per heavy atom. The Balaban J connectivity index is 1.30. The molecular weight excluding hydrogens is 390 g/mol. The number of amides is 1. The fourth-order valence-electron chi connectivity index (χ4n) is 3.17. The summed E-state index contributed by atoms with van der Waals surface area (Å²) in [4.78, 5) is 23.2. The number of carbonyl (C=O) groups excluding carboxylic acids is 1. The van der Waals surface area contributed by atoms with Crippen LogP contribution in [0, 0.1) is 0 Å². The number of fused-ring (bicyclic) bond motifs is 1. The van der Waals surface area contributed by atoms with Gasteiger partial charge in [0.05, 0.1) is 29.3 Å². The highest BCUT2D eigenvalue weighted by Crippen LogP contribution is 2.21. The van der Waals surface area contributed by atoms with Crippen LogP contribution in [0.4, 0.5) is 11.6 Å². The van der Waals surface area contributed by atoms with Crippen molar-refractivity contribution in [2.24, 2.45) is 0 Å². The lowest BCUT2D eigenvalue weighted by molar-refractivity contribution is 0.0302. The Labute approximate surface area is 174 Å². The van der Waals surface area contributed by atoms with Gasteiger partial charge in [0.2, 0.25) is 0 Å². The van der Waals surface area contributed by atoms with Crippen LogP contribution >= 0.6 is 11.6 Å². The van der Waals surface area contributed by atoms with Crippen molar-refractivity contribution in [3.8, 4) is 0 Å². The molecule has 0 bridgehead atoms. The molecule has 1 aromatic carbocycles. The number of nitrogens with zero attached hydrogens (tertiary/aromatic N) is 3. The van der Waals surface area contributed by atoms with E-state index in [-0.39, 0.29) is 5.91 Å². The van der Waals surface area contributed by atoms with Gasteiger partial charge in [0, 0.05) is 37.8 Å². The summed E-state index contributed by atoms with van der Waals surface area (Å²) < 4.78 is 5.28. The second kappa shape index (κ2) is 9.07. The van der Waals surface area contributed by atoms with Gasteiger partial charge in [-0.2, -0.15) is 0 Å². The minimum atomic E-state index is -0.0710. The van der Waals surface area contributed by atoms with Crippen molar-refractivity contribution in [2.75, 3.05) is 50.0 Å². The molecule has 0 saturated carbocycles. The molecule has 3 aromatic rings. The monoisotopic (exact) mass is 411 g/mol. The van der Waals surface area contributed by atoms with E-state index in [0.29, 0.717) is 55.8 Å². The SMILES string of the molecule is O=C(c1cnc(NCCNc2ccc3ccccc3n2)c(Cl)c1)N1CCOCC1. The molecule has 2 N–H and O–H groups in total. The van der Waals surface area contributed by atoms with E-state index in [2.05, 4.69) is 20.6 Å². The molecule has 1 aliphatic rings. The molecular formula is C21H22ClN5O2. The van der Waals surface area contributed by atoms with Gasteiger partial charge < -0.3 is 20.3 Å². The number of nitrogens with one attached hydrogen (secondary N) is 2. The topological polar surface area (TPSA) is 79.4 Å². The Bertz CT molecular complexity index is 1010. The Hall–Kier alpha value is -2.90. The summed E-state index contributed by atoms with van der Waals surface area (Å²) in [6, 6.07) is 13.7. The first-order chi connectivity index (χ1) is 14.2. The van der Waals surface area contributed by atoms with Crippen LogP contribution in [0.5, 0.6) is 0 Å². The highest BCUT2D eigenvalue weighted by Gasteiger charge is 2.19. The first-order valence-electron chi connectivity index (χ1n) is 9.57. The highest BCUT2D eigenvalue weighted by molar-refractivity contribution is 6.33. The second-order valence-electron chi connectivity index (χ2n) is 6.70. The number of benzene rings is 1. The third-order valence-corrected chi connectivity index (χ3v) is 5.00. The fourth-order valence-corrected chi connectivity index (χ4v) is 3.40. The number of ether oxygens (including phenoxy) is 1. The number of pyridine rings is 2. The predicted octanol–water partition coefficient (Wildman–Crippen LogP) is 3.28. The average molecular weight is 412 g/mol. The number of carbonyl (C=O) groups is 1. The largest absolute Gasteiger partial charge is 0.378 e. The molecule has 0 unspecified atom stereocenters. The zero-order valence-corrected chi connectivity index (χ0v) is 16.7. The minimum absolute atomic E-state index is 0.0710. The third kappa shape index (κ3) is 4.75. The molecule has 4 rings (SSSR count). The van der Waals surface area contributed by atoms with E-state index in [4.69, 9.17) is 16.3 Å². The van der Waals surface area contributed by atoms with E-state index in [1.54, 1.807) is 17.2 Å². The molecule has 1 fully saturated rings. The van der Waals surface area contributed by atoms with Crippen molar-refractivity contribution >= 4 is 40.0 Å². The zero-order valence-electron chi connectivity index (χ0n) is 15.9. The van der Waals surface area contributed by atoms with Gasteiger partial charge in [-0.15, -0.1) is 0 Å². The molecule has 150 valence electrons. The number of anilines is 2. The van der Waals surface area contributed by atoms with Crippen molar-refractivity contribution in [2.45, 2.75) is 0 Å². The lowest BCUT2D eigenvalue weighted by Gasteiger charge is -2.26. The van der Waals surface area contributed by atoms with Crippen molar-refractivity contribution in [3.63, 3.8) is 0 Å². The van der Waals surface area contributed by atoms with Gasteiger partial charge >= 0.3 is 0 Å². The van der Waals surface area contributed by atoms with Crippen LogP contribution in [0.1, 0.15) is 10.4 Å². The molecule has 0 aliphatic carbocycles. The summed E-state index contributed by atoms with van der Waals surface area (Å²) in [5.74, 6) is 1.30. The van der Waals surface area contributed by atoms with Crippen molar-refractivity contribution in [3.05, 3.63) is 59.2 Å². The standard InChI is InChI=1S/C21H22ClN5O2/c22-17-13-16(21(28)27-9-11-29-12-10-27)14-25-20(17)24-8-7-23-19-6-5-15-3-1-2-4-18(15)26-19/h1-6,13-14H,7-12H2,(H,23,26)(H,24,25). The van der Waals surface area contributed by atoms with Gasteiger partial charge in [0.25, 0.3) is 5.91 Å². The molecule has 0 radical (unpaired) electrons. The van der Waals surface area contributed by atoms with Crippen LogP contribution in [-0.2, 0) is 4.74 Å². The van der Waals surface area contributed by atoms with Crippen LogP contribution in [-0.4, -0.2) is 60.2 Å². The average Bonchev–Trinajstić information content (AvgIpc) is 2.77. The fraction of sp³-hybridized carbons (Fsp3) is 0.286. The second-order valence-corrected chi connectivity index (χ2v) is 7.11. The van der Waals surface area contributed by atoms with Gasteiger partial charge in [0.15, 0.2) is 0 Å². The quantitative estimate of drug-likeness (QED) is 0.606. The summed E-state index contributed by atoms with van der Waals surface area (Å²) in [5, 5.41) is 8.00. The third-order valence-electron chi connectivity index (χ3n) is 4.71. The van der Waals surface area contributed by atoms with Crippen LogP contribution in [0.3, 0.4) is 0 Å². The van der Waals surface area contributed by atoms with Gasteiger partial charge in [-0.3, -0.25) is 4.79 Å². The number of hydrogen-bond donors (Lipinski definition) is 2. The maximum Gasteiger partial charge on any atom is 0.255 e. The molecule has 1 saturated heterocycles. The number of morpholine rings is 1. The molecule has 0 atom stereocenters. The number of hydrogen-bond acceptors (Lipinski definition) is 6. The van der Waals surface area contributed by atoms with Crippen molar-refractivity contribution in [1.29, 1.82) is 0 Å². The Morgan fingerprint density at radius 1 is 1.10 bits per heavy atom. The van der Waals surface area contributed by atoms with E-state index in [9.17, 15) is 4.79 Å². The van der Waals surface area contributed by atoms with E-state index in [0.717, 1.165) is 16.7 Å². The van der Waals surface area contributed by atoms with Gasteiger partial charge in [-0.1, -0.05) is 29.8 Å². The van der Waals surface area contributed by atoms with Crippen LogP contribution in [0.25, 0.3) is 10.9 Å². The Morgan fingerprint density at radius 2 is 1.90 bits per heavy atom. The van der Waals surface area contributed by atoms with Crippen molar-refractivity contribution in [1.82, 2.24) is 14.9 Å². The summed E-state index contributed by atoms with van der Waals surface area (Å²) in [7, 11) is 0. The van der Waals surface area contributed by atoms with E-state index < -0.39 is 0 Å². The zero-order chi connectivity index (χ0) is 20.1. The van der Waals surface area contributed by atoms with E-state index >= 15 is 0 Å². The number of para-hydroxylation sites is 1. The summed E-state index contributed by atoms with van der Waals surface area (Å²) in [6.07, 6.45) is 1.56. The van der Waals surface area contributed by atoms with E-state index in [1.165, 1.54) is 0 Å². The van der Waals surface area contributed by atoms with E-state index in [1.807, 2.05) is 36.4 Å². The van der Waals surface area contributed by atoms with Crippen LogP contribution < -0.4 is 10.6 Å².